The van der Waals surface area contributed by atoms with Gasteiger partial charge < -0.3 is 5.73 Å². The second kappa shape index (κ2) is 7.02. The van der Waals surface area contributed by atoms with Gasteiger partial charge in [-0.1, -0.05) is 29.8 Å². The third-order valence-electron chi connectivity index (χ3n) is 4.91. The van der Waals surface area contributed by atoms with Crippen LogP contribution in [0, 0.1) is 0 Å². The van der Waals surface area contributed by atoms with Crippen LogP contribution < -0.4 is 5.73 Å². The molecule has 2 N–H and O–H groups in total. The van der Waals surface area contributed by atoms with E-state index in [9.17, 15) is 0 Å². The smallest absolute Gasteiger partial charge is 0.108 e. The predicted octanol–water partition coefficient (Wildman–Crippen LogP) is 5.46. The molecule has 5 aromatic rings. The Balaban J connectivity index is 1.74. The Kier molecular flexibility index (Phi) is 4.36. The molecule has 4 nitrogen and oxygen atoms in total. The molecule has 0 spiro atoms. The third-order valence-corrected chi connectivity index (χ3v) is 6.18. The number of imidazole rings is 1. The Bertz CT molecular complexity index is 1290. The summed E-state index contributed by atoms with van der Waals surface area (Å²) in [6.07, 6.45) is 4.42. The van der Waals surface area contributed by atoms with E-state index in [1.54, 1.807) is 11.3 Å². The molecule has 0 saturated heterocycles. The molecule has 0 saturated carbocycles. The quantitative estimate of drug-likeness (QED) is 0.433. The summed E-state index contributed by atoms with van der Waals surface area (Å²) < 4.78 is 2.08. The van der Waals surface area contributed by atoms with E-state index in [0.29, 0.717) is 6.54 Å². The van der Waals surface area contributed by atoms with Gasteiger partial charge in [0.1, 0.15) is 11.8 Å². The predicted molar refractivity (Wildman–Crippen MR) is 117 cm³/mol. The average Bonchev–Trinajstić information content (AvgIpc) is 3.39. The largest absolute Gasteiger partial charge is 0.330 e. The lowest BCUT2D eigenvalue weighted by atomic mass is 10.1. The lowest BCUT2D eigenvalue weighted by Gasteiger charge is -2.10. The van der Waals surface area contributed by atoms with E-state index in [0.717, 1.165) is 44.6 Å². The van der Waals surface area contributed by atoms with Gasteiger partial charge in [-0.05, 0) is 59.8 Å². The molecule has 28 heavy (non-hydrogen) atoms. The Morgan fingerprint density at radius 2 is 1.96 bits per heavy atom. The minimum Gasteiger partial charge on any atom is -0.330 e. The average molecular weight is 405 g/mol. The maximum absolute atomic E-state index is 6.49. The van der Waals surface area contributed by atoms with Gasteiger partial charge in [0.25, 0.3) is 0 Å². The molecule has 0 fully saturated rings. The number of rotatable bonds is 4. The van der Waals surface area contributed by atoms with Gasteiger partial charge in [-0.25, -0.2) is 4.98 Å². The molecule has 0 amide bonds. The first-order chi connectivity index (χ1) is 13.7. The molecule has 5 rings (SSSR count). The maximum Gasteiger partial charge on any atom is 0.108 e. The monoisotopic (exact) mass is 404 g/mol. The number of hydrogen-bond acceptors (Lipinski definition) is 4. The minimum absolute atomic E-state index is 0.578. The number of hydrogen-bond donors (Lipinski definition) is 1. The SMILES string of the molecule is NCCc1ccc(-n2cnc3cnc4ccc(-c5cccs5)cc4c32)cc1Cl. The number of aromatic nitrogens is 3. The van der Waals surface area contributed by atoms with E-state index in [1.165, 1.54) is 10.4 Å². The molecule has 6 heteroatoms. The van der Waals surface area contributed by atoms with Crippen LogP contribution in [0.3, 0.4) is 0 Å². The first kappa shape index (κ1) is 17.4. The van der Waals surface area contributed by atoms with Crippen LogP contribution >= 0.6 is 22.9 Å². The van der Waals surface area contributed by atoms with E-state index >= 15 is 0 Å². The summed E-state index contributed by atoms with van der Waals surface area (Å²) in [5.74, 6) is 0. The zero-order valence-electron chi connectivity index (χ0n) is 15.0. The van der Waals surface area contributed by atoms with Crippen LogP contribution in [0.25, 0.3) is 38.1 Å². The number of benzene rings is 2. The van der Waals surface area contributed by atoms with Crippen molar-refractivity contribution in [3.63, 3.8) is 0 Å². The summed E-state index contributed by atoms with van der Waals surface area (Å²) in [6, 6.07) is 16.7. The van der Waals surface area contributed by atoms with Gasteiger partial charge in [0.2, 0.25) is 0 Å². The molecular formula is C22H17ClN4S. The fourth-order valence-electron chi connectivity index (χ4n) is 3.53. The highest BCUT2D eigenvalue weighted by atomic mass is 35.5. The highest BCUT2D eigenvalue weighted by molar-refractivity contribution is 7.13. The van der Waals surface area contributed by atoms with Gasteiger partial charge in [0.05, 0.1) is 17.2 Å². The molecule has 2 aromatic carbocycles. The van der Waals surface area contributed by atoms with Crippen LogP contribution in [0.5, 0.6) is 0 Å². The second-order valence-electron chi connectivity index (χ2n) is 6.63. The molecular weight excluding hydrogens is 388 g/mol. The van der Waals surface area contributed by atoms with Crippen molar-refractivity contribution in [3.8, 4) is 16.1 Å². The standard InChI is InChI=1S/C22H17ClN4S/c23-18-11-16(5-3-14(18)7-8-24)27-13-26-20-12-25-19-6-4-15(10-17(19)22(20)27)21-2-1-9-28-21/h1-6,9-13H,7-8,24H2. The van der Waals surface area contributed by atoms with Crippen LogP contribution in [0.2, 0.25) is 5.02 Å². The first-order valence-electron chi connectivity index (χ1n) is 9.03. The Labute approximate surface area is 171 Å². The van der Waals surface area contributed by atoms with E-state index in [2.05, 4.69) is 56.3 Å². The molecule has 0 radical (unpaired) electrons. The molecule has 0 aliphatic heterocycles. The van der Waals surface area contributed by atoms with Crippen molar-refractivity contribution in [1.82, 2.24) is 14.5 Å². The third kappa shape index (κ3) is 2.88. The molecule has 3 aromatic heterocycles. The van der Waals surface area contributed by atoms with E-state index in [-0.39, 0.29) is 0 Å². The summed E-state index contributed by atoms with van der Waals surface area (Å²) in [5, 5.41) is 3.89. The van der Waals surface area contributed by atoms with Gasteiger partial charge in [0.15, 0.2) is 0 Å². The van der Waals surface area contributed by atoms with Crippen molar-refractivity contribution in [2.24, 2.45) is 5.73 Å². The van der Waals surface area contributed by atoms with E-state index in [4.69, 9.17) is 17.3 Å². The van der Waals surface area contributed by atoms with Crippen molar-refractivity contribution < 1.29 is 0 Å². The number of nitrogens with zero attached hydrogens (tertiary/aromatic N) is 3. The molecule has 0 atom stereocenters. The summed E-state index contributed by atoms with van der Waals surface area (Å²) in [6.45, 7) is 0.578. The summed E-state index contributed by atoms with van der Waals surface area (Å²) >= 11 is 8.22. The number of pyridine rings is 1. The minimum atomic E-state index is 0.578. The van der Waals surface area contributed by atoms with Crippen molar-refractivity contribution >= 4 is 44.9 Å². The summed E-state index contributed by atoms with van der Waals surface area (Å²) in [4.78, 5) is 10.4. The fourth-order valence-corrected chi connectivity index (χ4v) is 4.52. The topological polar surface area (TPSA) is 56.7 Å². The van der Waals surface area contributed by atoms with E-state index in [1.807, 2.05) is 24.7 Å². The van der Waals surface area contributed by atoms with Gasteiger partial charge in [-0.15, -0.1) is 11.3 Å². The van der Waals surface area contributed by atoms with Gasteiger partial charge >= 0.3 is 0 Å². The van der Waals surface area contributed by atoms with Crippen molar-refractivity contribution in [1.29, 1.82) is 0 Å². The highest BCUT2D eigenvalue weighted by Gasteiger charge is 2.12. The lowest BCUT2D eigenvalue weighted by molar-refractivity contribution is 0.966. The maximum atomic E-state index is 6.49. The molecule has 0 aliphatic rings. The van der Waals surface area contributed by atoms with Gasteiger partial charge in [-0.2, -0.15) is 0 Å². The van der Waals surface area contributed by atoms with Gasteiger partial charge in [-0.3, -0.25) is 9.55 Å². The van der Waals surface area contributed by atoms with Crippen molar-refractivity contribution in [2.45, 2.75) is 6.42 Å². The van der Waals surface area contributed by atoms with Crippen LogP contribution in [0.1, 0.15) is 5.56 Å². The number of nitrogens with two attached hydrogens (primary N) is 1. The second-order valence-corrected chi connectivity index (χ2v) is 7.99. The zero-order chi connectivity index (χ0) is 19.1. The molecule has 3 heterocycles. The molecule has 0 unspecified atom stereocenters. The Morgan fingerprint density at radius 1 is 1.04 bits per heavy atom. The van der Waals surface area contributed by atoms with Crippen molar-refractivity contribution in [2.75, 3.05) is 6.54 Å². The number of thiophene rings is 1. The molecule has 0 aliphatic carbocycles. The highest BCUT2D eigenvalue weighted by Crippen LogP contribution is 2.32. The van der Waals surface area contributed by atoms with Gasteiger partial charge in [0, 0.05) is 21.0 Å². The van der Waals surface area contributed by atoms with Crippen LogP contribution in [0.4, 0.5) is 0 Å². The first-order valence-corrected chi connectivity index (χ1v) is 10.3. The van der Waals surface area contributed by atoms with Crippen molar-refractivity contribution in [3.05, 3.63) is 77.0 Å². The summed E-state index contributed by atoms with van der Waals surface area (Å²) in [7, 11) is 0. The molecule has 0 bridgehead atoms. The fraction of sp³-hybridized carbons (Fsp3) is 0.0909. The Hall–Kier alpha value is -2.73. The van der Waals surface area contributed by atoms with Crippen LogP contribution in [0.15, 0.2) is 66.4 Å². The van der Waals surface area contributed by atoms with E-state index < -0.39 is 0 Å². The Morgan fingerprint density at radius 3 is 2.75 bits per heavy atom. The normalized spacial score (nSPS) is 11.5. The zero-order valence-corrected chi connectivity index (χ0v) is 16.5. The molecule has 138 valence electrons. The lowest BCUT2D eigenvalue weighted by Crippen LogP contribution is -2.03. The number of fused-ring (bicyclic) bond motifs is 3. The number of halogens is 1. The summed E-state index contributed by atoms with van der Waals surface area (Å²) in [5.41, 5.74) is 11.7. The van der Waals surface area contributed by atoms with Crippen LogP contribution in [-0.2, 0) is 6.42 Å². The van der Waals surface area contributed by atoms with Crippen LogP contribution in [-0.4, -0.2) is 21.1 Å².